The van der Waals surface area contributed by atoms with Crippen LogP contribution in [0.2, 0.25) is 0 Å². The lowest BCUT2D eigenvalue weighted by Crippen LogP contribution is -2.38. The van der Waals surface area contributed by atoms with Crippen molar-refractivity contribution in [3.63, 3.8) is 0 Å². The average Bonchev–Trinajstić information content (AvgIpc) is 3.23. The number of anilines is 2. The van der Waals surface area contributed by atoms with E-state index in [-0.39, 0.29) is 17.2 Å². The molecule has 1 aliphatic rings. The van der Waals surface area contributed by atoms with E-state index in [1.807, 2.05) is 0 Å². The molecule has 1 amide bonds. The Labute approximate surface area is 167 Å². The zero-order valence-electron chi connectivity index (χ0n) is 15.9. The molecule has 154 valence electrons. The number of nitrogens with zero attached hydrogens (tertiary/aromatic N) is 1. The van der Waals surface area contributed by atoms with Crippen molar-refractivity contribution in [2.45, 2.75) is 32.5 Å². The second-order valence-corrected chi connectivity index (χ2v) is 6.65. The van der Waals surface area contributed by atoms with Gasteiger partial charge in [0.25, 0.3) is 5.91 Å². The number of halogens is 2. The molecule has 1 heterocycles. The first-order valence-corrected chi connectivity index (χ1v) is 9.35. The van der Waals surface area contributed by atoms with Gasteiger partial charge in [0.1, 0.15) is 5.75 Å². The standard InChI is InChI=1S/C21H22F2N2O4/c1-14(19(26)25-12-4-5-13-25)28-20(27)17-6-2-3-7-18(17)24-15-8-10-16(11-9-15)29-21(22)23/h2-3,6-11,14,21,24H,4-5,12-13H2,1H3/t14-/m1/s1. The van der Waals surface area contributed by atoms with Crippen LogP contribution in [0.25, 0.3) is 0 Å². The molecule has 3 rings (SSSR count). The number of rotatable bonds is 7. The Morgan fingerprint density at radius 1 is 1.03 bits per heavy atom. The van der Waals surface area contributed by atoms with Gasteiger partial charge in [0.05, 0.1) is 11.3 Å². The smallest absolute Gasteiger partial charge is 0.387 e. The number of benzene rings is 2. The molecule has 1 saturated heterocycles. The topological polar surface area (TPSA) is 67.9 Å². The van der Waals surface area contributed by atoms with Gasteiger partial charge in [-0.1, -0.05) is 12.1 Å². The van der Waals surface area contributed by atoms with E-state index in [0.717, 1.165) is 12.8 Å². The molecule has 2 aromatic rings. The lowest BCUT2D eigenvalue weighted by Gasteiger charge is -2.21. The summed E-state index contributed by atoms with van der Waals surface area (Å²) in [7, 11) is 0. The summed E-state index contributed by atoms with van der Waals surface area (Å²) in [6.45, 7) is 0.0412. The third-order valence-electron chi connectivity index (χ3n) is 4.55. The second-order valence-electron chi connectivity index (χ2n) is 6.65. The van der Waals surface area contributed by atoms with Gasteiger partial charge in [0.2, 0.25) is 0 Å². The Hall–Kier alpha value is -3.16. The molecule has 0 aliphatic carbocycles. The van der Waals surface area contributed by atoms with E-state index in [2.05, 4.69) is 10.1 Å². The Morgan fingerprint density at radius 2 is 1.69 bits per heavy atom. The Balaban J connectivity index is 1.67. The molecule has 29 heavy (non-hydrogen) atoms. The predicted molar refractivity (Wildman–Crippen MR) is 103 cm³/mol. The Morgan fingerprint density at radius 3 is 2.34 bits per heavy atom. The highest BCUT2D eigenvalue weighted by Crippen LogP contribution is 2.24. The van der Waals surface area contributed by atoms with Gasteiger partial charge >= 0.3 is 12.6 Å². The van der Waals surface area contributed by atoms with Gasteiger partial charge in [0, 0.05) is 18.8 Å². The largest absolute Gasteiger partial charge is 0.449 e. The number of hydrogen-bond donors (Lipinski definition) is 1. The van der Waals surface area contributed by atoms with Crippen LogP contribution in [-0.4, -0.2) is 42.6 Å². The summed E-state index contributed by atoms with van der Waals surface area (Å²) in [6, 6.07) is 12.6. The summed E-state index contributed by atoms with van der Waals surface area (Å²) < 4.78 is 34.2. The Kier molecular flexibility index (Phi) is 6.64. The molecular weight excluding hydrogens is 382 g/mol. The fraction of sp³-hybridized carbons (Fsp3) is 0.333. The summed E-state index contributed by atoms with van der Waals surface area (Å²) in [5, 5.41) is 3.05. The summed E-state index contributed by atoms with van der Waals surface area (Å²) in [6.07, 6.45) is 1.04. The van der Waals surface area contributed by atoms with E-state index in [1.165, 1.54) is 12.1 Å². The van der Waals surface area contributed by atoms with Crippen LogP contribution >= 0.6 is 0 Å². The summed E-state index contributed by atoms with van der Waals surface area (Å²) in [5.74, 6) is -0.783. The van der Waals surface area contributed by atoms with E-state index < -0.39 is 18.7 Å². The molecule has 0 bridgehead atoms. The van der Waals surface area contributed by atoms with Gasteiger partial charge in [-0.15, -0.1) is 0 Å². The molecular formula is C21H22F2N2O4. The van der Waals surface area contributed by atoms with Gasteiger partial charge in [-0.25, -0.2) is 4.79 Å². The van der Waals surface area contributed by atoms with Gasteiger partial charge in [-0.2, -0.15) is 8.78 Å². The molecule has 8 heteroatoms. The maximum Gasteiger partial charge on any atom is 0.387 e. The number of nitrogens with one attached hydrogen (secondary N) is 1. The van der Waals surface area contributed by atoms with Crippen molar-refractivity contribution >= 4 is 23.3 Å². The van der Waals surface area contributed by atoms with Crippen molar-refractivity contribution in [1.29, 1.82) is 0 Å². The first kappa shape index (κ1) is 20.6. The van der Waals surface area contributed by atoms with E-state index in [0.29, 0.717) is 24.5 Å². The molecule has 0 spiro atoms. The fourth-order valence-electron chi connectivity index (χ4n) is 3.11. The summed E-state index contributed by atoms with van der Waals surface area (Å²) in [5.41, 5.74) is 1.32. The van der Waals surface area contributed by atoms with Crippen molar-refractivity contribution < 1.29 is 27.8 Å². The maximum absolute atomic E-state index is 12.6. The highest BCUT2D eigenvalue weighted by atomic mass is 19.3. The van der Waals surface area contributed by atoms with Crippen molar-refractivity contribution in [3.05, 3.63) is 54.1 Å². The third kappa shape index (κ3) is 5.43. The van der Waals surface area contributed by atoms with E-state index >= 15 is 0 Å². The first-order valence-electron chi connectivity index (χ1n) is 9.35. The van der Waals surface area contributed by atoms with Gasteiger partial charge < -0.3 is 19.7 Å². The molecule has 0 radical (unpaired) electrons. The number of carbonyl (C=O) groups excluding carboxylic acids is 2. The average molecular weight is 404 g/mol. The number of para-hydroxylation sites is 1. The molecule has 1 aliphatic heterocycles. The molecule has 1 N–H and O–H groups in total. The van der Waals surface area contributed by atoms with Gasteiger partial charge in [-0.05, 0) is 56.2 Å². The number of alkyl halides is 2. The molecule has 6 nitrogen and oxygen atoms in total. The zero-order valence-corrected chi connectivity index (χ0v) is 15.9. The highest BCUT2D eigenvalue weighted by molar-refractivity contribution is 5.98. The number of carbonyl (C=O) groups is 2. The zero-order chi connectivity index (χ0) is 20.8. The predicted octanol–water partition coefficient (Wildman–Crippen LogP) is 4.20. The Bertz CT molecular complexity index is 852. The second kappa shape index (κ2) is 9.36. The SMILES string of the molecule is C[C@@H](OC(=O)c1ccccc1Nc1ccc(OC(F)F)cc1)C(=O)N1CCCC1. The third-order valence-corrected chi connectivity index (χ3v) is 4.55. The van der Waals surface area contributed by atoms with Crippen LogP contribution in [0, 0.1) is 0 Å². The van der Waals surface area contributed by atoms with Crippen LogP contribution in [0.1, 0.15) is 30.1 Å². The van der Waals surface area contributed by atoms with E-state index in [1.54, 1.807) is 48.2 Å². The van der Waals surface area contributed by atoms with Gasteiger partial charge in [0.15, 0.2) is 6.10 Å². The van der Waals surface area contributed by atoms with Crippen LogP contribution in [0.4, 0.5) is 20.2 Å². The van der Waals surface area contributed by atoms with Crippen LogP contribution in [0.15, 0.2) is 48.5 Å². The number of likely N-dealkylation sites (tertiary alicyclic amines) is 1. The van der Waals surface area contributed by atoms with Crippen molar-refractivity contribution in [2.24, 2.45) is 0 Å². The van der Waals surface area contributed by atoms with Crippen molar-refractivity contribution in [3.8, 4) is 5.75 Å². The molecule has 0 unspecified atom stereocenters. The van der Waals surface area contributed by atoms with Crippen molar-refractivity contribution in [2.75, 3.05) is 18.4 Å². The quantitative estimate of drug-likeness (QED) is 0.701. The normalized spacial score (nSPS) is 14.6. The number of ether oxygens (including phenoxy) is 2. The molecule has 1 fully saturated rings. The minimum Gasteiger partial charge on any atom is -0.449 e. The lowest BCUT2D eigenvalue weighted by atomic mass is 10.1. The maximum atomic E-state index is 12.6. The van der Waals surface area contributed by atoms with Crippen LogP contribution < -0.4 is 10.1 Å². The van der Waals surface area contributed by atoms with Crippen LogP contribution in [-0.2, 0) is 9.53 Å². The number of amides is 1. The lowest BCUT2D eigenvalue weighted by molar-refractivity contribution is -0.138. The fourth-order valence-corrected chi connectivity index (χ4v) is 3.11. The molecule has 1 atom stereocenters. The number of esters is 1. The monoisotopic (exact) mass is 404 g/mol. The number of hydrogen-bond acceptors (Lipinski definition) is 5. The minimum atomic E-state index is -2.89. The highest BCUT2D eigenvalue weighted by Gasteiger charge is 2.27. The van der Waals surface area contributed by atoms with Crippen LogP contribution in [0.3, 0.4) is 0 Å². The molecule has 0 saturated carbocycles. The van der Waals surface area contributed by atoms with Gasteiger partial charge in [-0.3, -0.25) is 4.79 Å². The summed E-state index contributed by atoms with van der Waals surface area (Å²) in [4.78, 5) is 26.7. The molecule has 2 aromatic carbocycles. The van der Waals surface area contributed by atoms with E-state index in [9.17, 15) is 18.4 Å². The minimum absolute atomic E-state index is 0.0347. The van der Waals surface area contributed by atoms with Crippen LogP contribution in [0.5, 0.6) is 5.75 Å². The van der Waals surface area contributed by atoms with E-state index in [4.69, 9.17) is 4.74 Å². The van der Waals surface area contributed by atoms with Crippen molar-refractivity contribution in [1.82, 2.24) is 4.90 Å². The first-order chi connectivity index (χ1) is 13.9. The molecule has 0 aromatic heterocycles. The summed E-state index contributed by atoms with van der Waals surface area (Å²) >= 11 is 0.